The molecule has 0 bridgehead atoms. The van der Waals surface area contributed by atoms with Gasteiger partial charge in [-0.2, -0.15) is 0 Å². The molecule has 0 radical (unpaired) electrons. The van der Waals surface area contributed by atoms with Crippen LogP contribution < -0.4 is 15.4 Å². The molecule has 2 saturated heterocycles. The van der Waals surface area contributed by atoms with Crippen molar-refractivity contribution < 1.29 is 34.1 Å². The second-order valence-electron chi connectivity index (χ2n) is 13.4. The number of unbranched alkanes of at least 4 members (excludes halogenated alkanes) is 1. The summed E-state index contributed by atoms with van der Waals surface area (Å²) in [5.74, 6) is -1.40. The number of aliphatic hydroxyl groups is 1. The van der Waals surface area contributed by atoms with E-state index in [2.05, 4.69) is 22.5 Å². The minimum absolute atomic E-state index is 0.0428. The maximum atomic E-state index is 13.8. The van der Waals surface area contributed by atoms with Crippen LogP contribution in [0, 0.1) is 0 Å². The Labute approximate surface area is 276 Å². The zero-order chi connectivity index (χ0) is 33.6. The summed E-state index contributed by atoms with van der Waals surface area (Å²) in [7, 11) is 1.39. The first kappa shape index (κ1) is 34.4. The second-order valence-corrected chi connectivity index (χ2v) is 13.4. The predicted molar refractivity (Wildman–Crippen MR) is 176 cm³/mol. The molecule has 0 unspecified atom stereocenters. The molecule has 47 heavy (non-hydrogen) atoms. The Balaban J connectivity index is 1.16. The van der Waals surface area contributed by atoms with Crippen LogP contribution in [0.2, 0.25) is 0 Å². The SMILES string of the molecule is CCCCN1C(=O)[C@@H](CC2(O)CCCCC2)NC(=O)C12CCN(Cc1ccc(CNC(=O)c3ccc(C(=O)O)cc3OC)cc1)CC2. The van der Waals surface area contributed by atoms with Crippen molar-refractivity contribution in [1.82, 2.24) is 20.4 Å². The number of piperidine rings is 1. The molecule has 1 saturated carbocycles. The van der Waals surface area contributed by atoms with Gasteiger partial charge in [0.05, 0.1) is 23.8 Å². The number of piperazine rings is 1. The first-order valence-electron chi connectivity index (χ1n) is 16.9. The number of likely N-dealkylation sites (tertiary alicyclic amines) is 1. The van der Waals surface area contributed by atoms with Gasteiger partial charge in [-0.3, -0.25) is 19.3 Å². The number of methoxy groups -OCH3 is 1. The van der Waals surface area contributed by atoms with Crippen LogP contribution in [-0.4, -0.2) is 87.6 Å². The van der Waals surface area contributed by atoms with Crippen LogP contribution in [0.15, 0.2) is 42.5 Å². The summed E-state index contributed by atoms with van der Waals surface area (Å²) >= 11 is 0. The number of aromatic carboxylic acids is 1. The van der Waals surface area contributed by atoms with E-state index in [-0.39, 0.29) is 41.0 Å². The number of carboxylic acid groups (broad SMARTS) is 1. The summed E-state index contributed by atoms with van der Waals surface area (Å²) in [6, 6.07) is 11.5. The Bertz CT molecular complexity index is 1450. The molecule has 4 N–H and O–H groups in total. The van der Waals surface area contributed by atoms with Gasteiger partial charge >= 0.3 is 5.97 Å². The van der Waals surface area contributed by atoms with E-state index in [1.54, 1.807) is 0 Å². The lowest BCUT2D eigenvalue weighted by molar-refractivity contribution is -0.163. The highest BCUT2D eigenvalue weighted by Gasteiger charge is 2.54. The highest BCUT2D eigenvalue weighted by atomic mass is 16.5. The van der Waals surface area contributed by atoms with Crippen molar-refractivity contribution in [1.29, 1.82) is 0 Å². The number of nitrogens with zero attached hydrogens (tertiary/aromatic N) is 2. The van der Waals surface area contributed by atoms with E-state index in [1.165, 1.54) is 25.3 Å². The molecule has 2 heterocycles. The van der Waals surface area contributed by atoms with Crippen LogP contribution in [0.5, 0.6) is 5.75 Å². The summed E-state index contributed by atoms with van der Waals surface area (Å²) < 4.78 is 5.23. The number of nitrogens with one attached hydrogen (secondary N) is 2. The quantitative estimate of drug-likeness (QED) is 0.271. The normalized spacial score (nSPS) is 20.9. The van der Waals surface area contributed by atoms with E-state index in [0.29, 0.717) is 58.4 Å². The number of amides is 3. The lowest BCUT2D eigenvalue weighted by Crippen LogP contribution is -2.73. The van der Waals surface area contributed by atoms with E-state index in [0.717, 1.165) is 43.2 Å². The van der Waals surface area contributed by atoms with Crippen molar-refractivity contribution >= 4 is 23.7 Å². The van der Waals surface area contributed by atoms with Gasteiger partial charge in [-0.05, 0) is 61.4 Å². The van der Waals surface area contributed by atoms with Crippen molar-refractivity contribution in [3.05, 3.63) is 64.7 Å². The van der Waals surface area contributed by atoms with Crippen molar-refractivity contribution in [2.75, 3.05) is 26.7 Å². The zero-order valence-corrected chi connectivity index (χ0v) is 27.6. The Morgan fingerprint density at radius 3 is 2.32 bits per heavy atom. The van der Waals surface area contributed by atoms with Crippen LogP contribution in [0.4, 0.5) is 0 Å². The molecule has 1 spiro atoms. The maximum Gasteiger partial charge on any atom is 0.335 e. The van der Waals surface area contributed by atoms with Gasteiger partial charge < -0.3 is 30.5 Å². The second kappa shape index (κ2) is 14.9. The van der Waals surface area contributed by atoms with Crippen LogP contribution >= 0.6 is 0 Å². The summed E-state index contributed by atoms with van der Waals surface area (Å²) in [6.07, 6.45) is 7.53. The standard InChI is InChI=1S/C36H48N4O7/c1-3-4-18-40-32(42)29(22-35(46)14-6-5-7-15-35)38-34(45)36(40)16-19-39(20-17-36)24-26-10-8-25(9-11-26)23-37-31(41)28-13-12-27(33(43)44)21-30(28)47-2/h8-13,21,29,46H,3-7,14-20,22-24H2,1-2H3,(H,37,41)(H,38,45)(H,43,44)/t29-/m1/s1. The third-order valence-corrected chi connectivity index (χ3v) is 10.2. The van der Waals surface area contributed by atoms with Gasteiger partial charge in [-0.1, -0.05) is 56.9 Å². The van der Waals surface area contributed by atoms with Crippen LogP contribution in [0.1, 0.15) is 103 Å². The minimum atomic E-state index is -1.09. The topological polar surface area (TPSA) is 149 Å². The van der Waals surface area contributed by atoms with Gasteiger partial charge in [-0.15, -0.1) is 0 Å². The maximum absolute atomic E-state index is 13.8. The van der Waals surface area contributed by atoms with Crippen molar-refractivity contribution in [3.63, 3.8) is 0 Å². The Morgan fingerprint density at radius 2 is 1.68 bits per heavy atom. The molecule has 2 aromatic rings. The Kier molecular flexibility index (Phi) is 10.9. The average molecular weight is 649 g/mol. The van der Waals surface area contributed by atoms with Crippen LogP contribution in [0.25, 0.3) is 0 Å². The molecular formula is C36H48N4O7. The van der Waals surface area contributed by atoms with Gasteiger partial charge in [0.15, 0.2) is 0 Å². The van der Waals surface area contributed by atoms with E-state index in [1.807, 2.05) is 29.2 Å². The molecule has 1 aliphatic carbocycles. The molecule has 2 aromatic carbocycles. The molecule has 1 atom stereocenters. The molecule has 11 heteroatoms. The van der Waals surface area contributed by atoms with Crippen LogP contribution in [0.3, 0.4) is 0 Å². The molecule has 0 aromatic heterocycles. The smallest absolute Gasteiger partial charge is 0.335 e. The molecule has 3 aliphatic rings. The van der Waals surface area contributed by atoms with E-state index >= 15 is 0 Å². The number of rotatable bonds is 12. The largest absolute Gasteiger partial charge is 0.496 e. The molecule has 5 rings (SSSR count). The number of hydrogen-bond donors (Lipinski definition) is 4. The first-order chi connectivity index (χ1) is 22.6. The Hall–Kier alpha value is -3.96. The molecule has 3 amide bonds. The summed E-state index contributed by atoms with van der Waals surface area (Å²) in [4.78, 5) is 55.8. The van der Waals surface area contributed by atoms with Gasteiger partial charge in [0.1, 0.15) is 17.3 Å². The van der Waals surface area contributed by atoms with Crippen molar-refractivity contribution in [3.8, 4) is 5.75 Å². The molecular weight excluding hydrogens is 600 g/mol. The van der Waals surface area contributed by atoms with Crippen molar-refractivity contribution in [2.45, 2.75) is 101 Å². The third kappa shape index (κ3) is 7.79. The van der Waals surface area contributed by atoms with Crippen molar-refractivity contribution in [2.24, 2.45) is 0 Å². The number of carbonyl (C=O) groups is 4. The first-order valence-corrected chi connectivity index (χ1v) is 16.9. The number of ether oxygens (including phenoxy) is 1. The molecule has 2 aliphatic heterocycles. The highest BCUT2D eigenvalue weighted by Crippen LogP contribution is 2.37. The zero-order valence-electron chi connectivity index (χ0n) is 27.6. The van der Waals surface area contributed by atoms with E-state index in [9.17, 15) is 29.4 Å². The monoisotopic (exact) mass is 648 g/mol. The number of carbonyl (C=O) groups excluding carboxylic acids is 3. The molecule has 254 valence electrons. The lowest BCUT2D eigenvalue weighted by atomic mass is 9.77. The van der Waals surface area contributed by atoms with Gasteiger partial charge in [-0.25, -0.2) is 4.79 Å². The predicted octanol–water partition coefficient (Wildman–Crippen LogP) is 3.87. The van der Waals surface area contributed by atoms with Gasteiger partial charge in [0.2, 0.25) is 11.8 Å². The lowest BCUT2D eigenvalue weighted by Gasteiger charge is -2.52. The number of carboxylic acids is 1. The molecule has 11 nitrogen and oxygen atoms in total. The highest BCUT2D eigenvalue weighted by molar-refractivity contribution is 6.00. The Morgan fingerprint density at radius 1 is 1.00 bits per heavy atom. The van der Waals surface area contributed by atoms with E-state index < -0.39 is 23.2 Å². The fourth-order valence-corrected chi connectivity index (χ4v) is 7.34. The van der Waals surface area contributed by atoms with E-state index in [4.69, 9.17) is 4.74 Å². The number of hydrogen-bond acceptors (Lipinski definition) is 7. The van der Waals surface area contributed by atoms with Crippen LogP contribution in [-0.2, 0) is 22.7 Å². The fraction of sp³-hybridized carbons (Fsp3) is 0.556. The third-order valence-electron chi connectivity index (χ3n) is 10.2. The fourth-order valence-electron chi connectivity index (χ4n) is 7.34. The minimum Gasteiger partial charge on any atom is -0.496 e. The summed E-state index contributed by atoms with van der Waals surface area (Å²) in [6.45, 7) is 5.00. The molecule has 3 fully saturated rings. The average Bonchev–Trinajstić information content (AvgIpc) is 3.07. The summed E-state index contributed by atoms with van der Waals surface area (Å²) in [5, 5.41) is 26.3. The summed E-state index contributed by atoms with van der Waals surface area (Å²) in [5.41, 5.74) is 0.581. The van der Waals surface area contributed by atoms with Gasteiger partial charge in [0.25, 0.3) is 5.91 Å². The van der Waals surface area contributed by atoms with Gasteiger partial charge in [0, 0.05) is 39.1 Å². The number of benzene rings is 2.